The number of hydrogen-bond acceptors (Lipinski definition) is 4. The molecule has 7 heteroatoms. The van der Waals surface area contributed by atoms with Crippen molar-refractivity contribution in [2.45, 2.75) is 71.6 Å². The summed E-state index contributed by atoms with van der Waals surface area (Å²) in [6, 6.07) is 10.0. The van der Waals surface area contributed by atoms with E-state index in [4.69, 9.17) is 5.10 Å². The molecule has 1 aromatic heterocycles. The molecule has 1 aliphatic rings. The van der Waals surface area contributed by atoms with Crippen molar-refractivity contribution in [2.75, 3.05) is 25.0 Å². The second kappa shape index (κ2) is 9.01. The molecule has 3 rings (SSSR count). The minimum absolute atomic E-state index is 0.118. The number of carbonyl (C=O) groups excluding carboxylic acids is 1. The van der Waals surface area contributed by atoms with E-state index in [1.54, 1.807) is 0 Å². The lowest BCUT2D eigenvalue weighted by Gasteiger charge is -2.30. The van der Waals surface area contributed by atoms with Crippen molar-refractivity contribution in [1.82, 2.24) is 20.0 Å². The average molecular weight is 428 g/mol. The number of rotatable bonds is 5. The van der Waals surface area contributed by atoms with Crippen LogP contribution >= 0.6 is 0 Å². The molecule has 1 aromatic carbocycles. The normalized spacial score (nSPS) is 16.0. The summed E-state index contributed by atoms with van der Waals surface area (Å²) >= 11 is 0. The fraction of sp³-hybridized carbons (Fsp3) is 0.583. The Hall–Kier alpha value is -2.38. The number of hydrogen-bond donors (Lipinski definition) is 3. The van der Waals surface area contributed by atoms with Crippen molar-refractivity contribution in [2.24, 2.45) is 0 Å². The van der Waals surface area contributed by atoms with Gasteiger partial charge in [0.1, 0.15) is 5.82 Å². The Morgan fingerprint density at radius 1 is 1.16 bits per heavy atom. The predicted octanol–water partition coefficient (Wildman–Crippen LogP) is 3.48. The van der Waals surface area contributed by atoms with Gasteiger partial charge in [0.05, 0.1) is 17.3 Å². The quantitative estimate of drug-likeness (QED) is 0.682. The second-order valence-corrected chi connectivity index (χ2v) is 10.5. The van der Waals surface area contributed by atoms with Crippen LogP contribution in [-0.2, 0) is 23.9 Å². The van der Waals surface area contributed by atoms with Crippen LogP contribution in [0, 0.1) is 0 Å². The van der Waals surface area contributed by atoms with Crippen LogP contribution in [0.25, 0.3) is 0 Å². The van der Waals surface area contributed by atoms with Crippen LogP contribution in [0.3, 0.4) is 0 Å². The molecule has 2 amide bonds. The molecule has 1 atom stereocenters. The Morgan fingerprint density at radius 2 is 1.84 bits per heavy atom. The maximum Gasteiger partial charge on any atom is 0.320 e. The summed E-state index contributed by atoms with van der Waals surface area (Å²) in [6.07, 6.45) is 0.359. The number of β-amino-alcohol motifs (C(OH)–C–C–N with tert-alkyl or cyclic N) is 1. The van der Waals surface area contributed by atoms with Crippen LogP contribution in [0.1, 0.15) is 58.4 Å². The van der Waals surface area contributed by atoms with Gasteiger partial charge in [-0.25, -0.2) is 9.48 Å². The van der Waals surface area contributed by atoms with Gasteiger partial charge in [-0.1, -0.05) is 45.0 Å². The largest absolute Gasteiger partial charge is 0.390 e. The van der Waals surface area contributed by atoms with E-state index < -0.39 is 6.10 Å². The van der Waals surface area contributed by atoms with E-state index in [-0.39, 0.29) is 23.5 Å². The number of aliphatic hydroxyl groups excluding tert-OH is 1. The van der Waals surface area contributed by atoms with Crippen molar-refractivity contribution >= 4 is 11.8 Å². The molecule has 2 heterocycles. The number of nitrogens with zero attached hydrogens (tertiary/aromatic N) is 3. The van der Waals surface area contributed by atoms with Crippen LogP contribution in [0.5, 0.6) is 0 Å². The third kappa shape index (κ3) is 6.08. The smallest absolute Gasteiger partial charge is 0.320 e. The van der Waals surface area contributed by atoms with Crippen LogP contribution in [0.2, 0.25) is 0 Å². The van der Waals surface area contributed by atoms with Gasteiger partial charge in [0, 0.05) is 37.7 Å². The van der Waals surface area contributed by atoms with Crippen molar-refractivity contribution in [3.63, 3.8) is 0 Å². The molecular formula is C24H37N5O2. The van der Waals surface area contributed by atoms with Crippen molar-refractivity contribution < 1.29 is 9.90 Å². The fourth-order valence-corrected chi connectivity index (χ4v) is 3.79. The Labute approximate surface area is 185 Å². The van der Waals surface area contributed by atoms with E-state index in [0.29, 0.717) is 12.4 Å². The Balaban J connectivity index is 1.54. The molecule has 0 bridgehead atoms. The number of aliphatic hydroxyl groups is 1. The van der Waals surface area contributed by atoms with Gasteiger partial charge in [-0.2, -0.15) is 5.10 Å². The number of amides is 2. The lowest BCUT2D eigenvalue weighted by atomic mass is 9.92. The average Bonchev–Trinajstić information content (AvgIpc) is 3.11. The SMILES string of the molecule is CC(C)(C)c1cc(NC(=O)NCC(O)CN2CCc3ccccc3C2)n(C(C)(C)C)n1. The summed E-state index contributed by atoms with van der Waals surface area (Å²) in [6.45, 7) is 14.9. The molecule has 0 saturated heterocycles. The van der Waals surface area contributed by atoms with Crippen LogP contribution in [0.15, 0.2) is 30.3 Å². The fourth-order valence-electron chi connectivity index (χ4n) is 3.79. The van der Waals surface area contributed by atoms with Gasteiger partial charge in [-0.05, 0) is 38.3 Å². The number of fused-ring (bicyclic) bond motifs is 1. The van der Waals surface area contributed by atoms with Gasteiger partial charge < -0.3 is 10.4 Å². The van der Waals surface area contributed by atoms with E-state index in [9.17, 15) is 9.90 Å². The molecule has 1 aliphatic heterocycles. The minimum atomic E-state index is -0.631. The highest BCUT2D eigenvalue weighted by atomic mass is 16.3. The molecule has 1 unspecified atom stereocenters. The van der Waals surface area contributed by atoms with Gasteiger partial charge in [-0.3, -0.25) is 10.2 Å². The van der Waals surface area contributed by atoms with Gasteiger partial charge in [-0.15, -0.1) is 0 Å². The van der Waals surface area contributed by atoms with Crippen LogP contribution < -0.4 is 10.6 Å². The number of urea groups is 1. The second-order valence-electron chi connectivity index (χ2n) is 10.5. The van der Waals surface area contributed by atoms with E-state index in [1.165, 1.54) is 11.1 Å². The van der Waals surface area contributed by atoms with Crippen LogP contribution in [-0.4, -0.2) is 51.6 Å². The molecule has 0 fully saturated rings. The third-order valence-electron chi connectivity index (χ3n) is 5.53. The van der Waals surface area contributed by atoms with Crippen molar-refractivity contribution in [3.8, 4) is 0 Å². The first-order valence-electron chi connectivity index (χ1n) is 11.1. The lowest BCUT2D eigenvalue weighted by Crippen LogP contribution is -2.43. The number of nitrogens with one attached hydrogen (secondary N) is 2. The predicted molar refractivity (Wildman–Crippen MR) is 124 cm³/mol. The standard InChI is InChI=1S/C24H37N5O2/c1-23(2,3)20-13-21(29(27-20)24(4,5)6)26-22(31)25-14-19(30)16-28-12-11-17-9-7-8-10-18(17)15-28/h7-10,13,19,30H,11-12,14-16H2,1-6H3,(H2,25,26,31). The highest BCUT2D eigenvalue weighted by molar-refractivity contribution is 5.88. The molecule has 170 valence electrons. The topological polar surface area (TPSA) is 82.4 Å². The maximum atomic E-state index is 12.5. The molecule has 0 saturated carbocycles. The zero-order valence-corrected chi connectivity index (χ0v) is 19.7. The molecule has 31 heavy (non-hydrogen) atoms. The van der Waals surface area contributed by atoms with Gasteiger partial charge in [0.15, 0.2) is 0 Å². The molecular weight excluding hydrogens is 390 g/mol. The molecule has 3 N–H and O–H groups in total. The van der Waals surface area contributed by atoms with E-state index in [2.05, 4.69) is 81.3 Å². The molecule has 0 aliphatic carbocycles. The summed E-state index contributed by atoms with van der Waals surface area (Å²) < 4.78 is 1.84. The Bertz CT molecular complexity index is 907. The summed E-state index contributed by atoms with van der Waals surface area (Å²) in [5.74, 6) is 0.650. The van der Waals surface area contributed by atoms with Crippen molar-refractivity contribution in [3.05, 3.63) is 47.2 Å². The first-order chi connectivity index (χ1) is 14.4. The minimum Gasteiger partial charge on any atom is -0.390 e. The molecule has 0 spiro atoms. The third-order valence-corrected chi connectivity index (χ3v) is 5.53. The number of benzene rings is 1. The highest BCUT2D eigenvalue weighted by Crippen LogP contribution is 2.28. The molecule has 2 aromatic rings. The van der Waals surface area contributed by atoms with E-state index in [0.717, 1.165) is 25.2 Å². The lowest BCUT2D eigenvalue weighted by molar-refractivity contribution is 0.106. The Morgan fingerprint density at radius 3 is 2.48 bits per heavy atom. The zero-order valence-electron chi connectivity index (χ0n) is 19.7. The molecule has 7 nitrogen and oxygen atoms in total. The number of carbonyl (C=O) groups is 1. The van der Waals surface area contributed by atoms with E-state index >= 15 is 0 Å². The monoisotopic (exact) mass is 427 g/mol. The van der Waals surface area contributed by atoms with Crippen LogP contribution in [0.4, 0.5) is 10.6 Å². The first-order valence-corrected chi connectivity index (χ1v) is 11.1. The first kappa shape index (κ1) is 23.3. The van der Waals surface area contributed by atoms with Crippen molar-refractivity contribution in [1.29, 1.82) is 0 Å². The van der Waals surface area contributed by atoms with Gasteiger partial charge in [0.2, 0.25) is 0 Å². The summed E-state index contributed by atoms with van der Waals surface area (Å²) in [4.78, 5) is 14.8. The maximum absolute atomic E-state index is 12.5. The van der Waals surface area contributed by atoms with Gasteiger partial charge in [0.25, 0.3) is 0 Å². The number of aromatic nitrogens is 2. The Kier molecular flexibility index (Phi) is 6.76. The summed E-state index contributed by atoms with van der Waals surface area (Å²) in [5, 5.41) is 20.9. The van der Waals surface area contributed by atoms with Gasteiger partial charge >= 0.3 is 6.03 Å². The zero-order chi connectivity index (χ0) is 22.8. The molecule has 0 radical (unpaired) electrons. The summed E-state index contributed by atoms with van der Waals surface area (Å²) in [5.41, 5.74) is 3.23. The number of anilines is 1. The van der Waals surface area contributed by atoms with E-state index in [1.807, 2.05) is 10.7 Å². The highest BCUT2D eigenvalue weighted by Gasteiger charge is 2.26. The summed E-state index contributed by atoms with van der Waals surface area (Å²) in [7, 11) is 0.